The van der Waals surface area contributed by atoms with Gasteiger partial charge in [-0.2, -0.15) is 0 Å². The van der Waals surface area contributed by atoms with Gasteiger partial charge in [-0.05, 0) is 24.6 Å². The molecule has 1 amide bonds. The van der Waals surface area contributed by atoms with E-state index >= 15 is 0 Å². The summed E-state index contributed by atoms with van der Waals surface area (Å²) in [7, 11) is 1.27. The van der Waals surface area contributed by atoms with Gasteiger partial charge < -0.3 is 10.1 Å². The number of anilines is 1. The van der Waals surface area contributed by atoms with Crippen molar-refractivity contribution < 1.29 is 18.7 Å². The van der Waals surface area contributed by atoms with E-state index in [2.05, 4.69) is 22.1 Å². The van der Waals surface area contributed by atoms with Gasteiger partial charge in [0.1, 0.15) is 16.4 Å². The number of ether oxygens (including phenoxy) is 1. The molecule has 7 nitrogen and oxygen atoms in total. The summed E-state index contributed by atoms with van der Waals surface area (Å²) >= 11 is 2.43. The van der Waals surface area contributed by atoms with Gasteiger partial charge in [0.2, 0.25) is 5.91 Å². The number of nitrogens with zero attached hydrogens (tertiary/aromatic N) is 3. The number of benzene rings is 2. The monoisotopic (exact) mass is 522 g/mol. The largest absolute Gasteiger partial charge is 0.465 e. The second-order valence-electron chi connectivity index (χ2n) is 7.76. The summed E-state index contributed by atoms with van der Waals surface area (Å²) in [6, 6.07) is 13.7. The Kier molecular flexibility index (Phi) is 7.97. The fraction of sp³-hybridized carbons (Fsp3) is 0.154. The van der Waals surface area contributed by atoms with Crippen molar-refractivity contribution in [3.05, 3.63) is 83.5 Å². The second kappa shape index (κ2) is 11.3. The third-order valence-electron chi connectivity index (χ3n) is 5.26. The molecule has 0 aliphatic heterocycles. The quantitative estimate of drug-likeness (QED) is 0.169. The number of aromatic nitrogens is 3. The average molecular weight is 523 g/mol. The molecule has 2 aromatic carbocycles. The fourth-order valence-corrected chi connectivity index (χ4v) is 5.22. The number of methoxy groups -OCH3 is 1. The zero-order valence-corrected chi connectivity index (χ0v) is 21.3. The average Bonchev–Trinajstić information content (AvgIpc) is 3.48. The van der Waals surface area contributed by atoms with E-state index in [9.17, 15) is 14.0 Å². The summed E-state index contributed by atoms with van der Waals surface area (Å²) in [6.45, 7) is 6.31. The highest BCUT2D eigenvalue weighted by molar-refractivity contribution is 7.99. The summed E-state index contributed by atoms with van der Waals surface area (Å²) in [5, 5.41) is 14.1. The van der Waals surface area contributed by atoms with E-state index in [-0.39, 0.29) is 23.0 Å². The SMILES string of the molecule is C=CCn1c(SCC(=O)Nc2scc(-c3ccc(F)cc3)c2C(=O)OC)nnc1-c1ccc(C)cc1. The van der Waals surface area contributed by atoms with E-state index in [0.717, 1.165) is 11.1 Å². The summed E-state index contributed by atoms with van der Waals surface area (Å²) in [4.78, 5) is 25.3. The van der Waals surface area contributed by atoms with Crippen LogP contribution in [0.5, 0.6) is 0 Å². The number of hydrogen-bond acceptors (Lipinski definition) is 7. The van der Waals surface area contributed by atoms with Crippen LogP contribution in [0.1, 0.15) is 15.9 Å². The minimum Gasteiger partial charge on any atom is -0.465 e. The highest BCUT2D eigenvalue weighted by Crippen LogP contribution is 2.36. The zero-order valence-electron chi connectivity index (χ0n) is 19.7. The van der Waals surface area contributed by atoms with Gasteiger partial charge in [0.25, 0.3) is 0 Å². The minimum atomic E-state index is -0.591. The number of carbonyl (C=O) groups excluding carboxylic acids is 2. The molecule has 4 aromatic rings. The molecule has 0 radical (unpaired) electrons. The van der Waals surface area contributed by atoms with E-state index < -0.39 is 5.97 Å². The minimum absolute atomic E-state index is 0.0492. The number of thiophene rings is 1. The second-order valence-corrected chi connectivity index (χ2v) is 9.58. The number of halogens is 1. The van der Waals surface area contributed by atoms with Crippen molar-refractivity contribution >= 4 is 40.0 Å². The summed E-state index contributed by atoms with van der Waals surface area (Å²) in [5.41, 5.74) is 3.49. The van der Waals surface area contributed by atoms with Crippen LogP contribution < -0.4 is 5.32 Å². The Labute approximate surface area is 216 Å². The molecule has 2 heterocycles. The number of allylic oxidation sites excluding steroid dienone is 1. The highest BCUT2D eigenvalue weighted by Gasteiger charge is 2.23. The predicted octanol–water partition coefficient (Wildman–Crippen LogP) is 5.82. The molecule has 0 saturated heterocycles. The molecule has 0 aliphatic carbocycles. The van der Waals surface area contributed by atoms with Crippen molar-refractivity contribution in [2.75, 3.05) is 18.2 Å². The summed E-state index contributed by atoms with van der Waals surface area (Å²) in [5.74, 6) is -0.551. The van der Waals surface area contributed by atoms with Crippen LogP contribution in [0.4, 0.5) is 9.39 Å². The van der Waals surface area contributed by atoms with Crippen molar-refractivity contribution in [2.45, 2.75) is 18.6 Å². The van der Waals surface area contributed by atoms with E-state index in [1.807, 2.05) is 35.8 Å². The van der Waals surface area contributed by atoms with Gasteiger partial charge in [0, 0.05) is 23.1 Å². The maximum atomic E-state index is 13.4. The molecule has 36 heavy (non-hydrogen) atoms. The molecule has 10 heteroatoms. The van der Waals surface area contributed by atoms with E-state index in [1.54, 1.807) is 23.6 Å². The van der Waals surface area contributed by atoms with Crippen LogP contribution in [0.2, 0.25) is 0 Å². The Morgan fingerprint density at radius 2 is 1.83 bits per heavy atom. The predicted molar refractivity (Wildman–Crippen MR) is 141 cm³/mol. The van der Waals surface area contributed by atoms with Crippen LogP contribution >= 0.6 is 23.1 Å². The van der Waals surface area contributed by atoms with E-state index in [4.69, 9.17) is 4.74 Å². The van der Waals surface area contributed by atoms with Crippen LogP contribution in [0.25, 0.3) is 22.5 Å². The van der Waals surface area contributed by atoms with Gasteiger partial charge in [0.05, 0.1) is 12.9 Å². The Morgan fingerprint density at radius 1 is 1.14 bits per heavy atom. The number of carbonyl (C=O) groups is 2. The molecule has 0 saturated carbocycles. The van der Waals surface area contributed by atoms with Crippen LogP contribution in [0.15, 0.2) is 71.7 Å². The van der Waals surface area contributed by atoms with Crippen molar-refractivity contribution in [3.8, 4) is 22.5 Å². The van der Waals surface area contributed by atoms with Gasteiger partial charge in [-0.15, -0.1) is 28.1 Å². The van der Waals surface area contributed by atoms with Crippen molar-refractivity contribution in [1.82, 2.24) is 14.8 Å². The first kappa shape index (κ1) is 25.3. The van der Waals surface area contributed by atoms with Crippen molar-refractivity contribution in [2.24, 2.45) is 0 Å². The topological polar surface area (TPSA) is 86.1 Å². The molecule has 2 aromatic heterocycles. The zero-order chi connectivity index (χ0) is 25.7. The molecule has 0 fully saturated rings. The normalized spacial score (nSPS) is 10.8. The van der Waals surface area contributed by atoms with Crippen molar-refractivity contribution in [1.29, 1.82) is 0 Å². The molecule has 0 atom stereocenters. The standard InChI is InChI=1S/C26H23FN4O3S2/c1-4-13-31-23(18-7-5-16(2)6-8-18)29-30-26(31)36-15-21(32)28-24-22(25(33)34-3)20(14-35-24)17-9-11-19(27)12-10-17/h4-12,14H,1,13,15H2,2-3H3,(H,28,32). The third kappa shape index (κ3) is 5.55. The van der Waals surface area contributed by atoms with Crippen LogP contribution in [0, 0.1) is 12.7 Å². The lowest BCUT2D eigenvalue weighted by atomic mass is 10.0. The molecule has 0 spiro atoms. The Bertz CT molecular complexity index is 1400. The van der Waals surface area contributed by atoms with Crippen LogP contribution in [-0.2, 0) is 16.1 Å². The molecule has 4 rings (SSSR count). The fourth-order valence-electron chi connectivity index (χ4n) is 3.49. The maximum absolute atomic E-state index is 13.4. The molecule has 184 valence electrons. The number of esters is 1. The van der Waals surface area contributed by atoms with Crippen LogP contribution in [0.3, 0.4) is 0 Å². The highest BCUT2D eigenvalue weighted by atomic mass is 32.2. The smallest absolute Gasteiger partial charge is 0.341 e. The van der Waals surface area contributed by atoms with Gasteiger partial charge in [0.15, 0.2) is 11.0 Å². The molecular weight excluding hydrogens is 499 g/mol. The van der Waals surface area contributed by atoms with Crippen LogP contribution in [-0.4, -0.2) is 39.5 Å². The first-order chi connectivity index (χ1) is 17.4. The van der Waals surface area contributed by atoms with Crippen molar-refractivity contribution in [3.63, 3.8) is 0 Å². The number of amides is 1. The molecule has 0 bridgehead atoms. The third-order valence-corrected chi connectivity index (χ3v) is 7.12. The Balaban J connectivity index is 1.52. The maximum Gasteiger partial charge on any atom is 0.341 e. The van der Waals surface area contributed by atoms with E-state index in [1.165, 1.54) is 42.3 Å². The lowest BCUT2D eigenvalue weighted by Gasteiger charge is -2.09. The molecule has 0 unspecified atom stereocenters. The van der Waals surface area contributed by atoms with Gasteiger partial charge in [-0.1, -0.05) is 59.8 Å². The Hall–Kier alpha value is -3.76. The van der Waals surface area contributed by atoms with Gasteiger partial charge in [-0.3, -0.25) is 9.36 Å². The first-order valence-corrected chi connectivity index (χ1v) is 12.8. The lowest BCUT2D eigenvalue weighted by Crippen LogP contribution is -2.16. The molecule has 1 N–H and O–H groups in total. The number of hydrogen-bond donors (Lipinski definition) is 1. The summed E-state index contributed by atoms with van der Waals surface area (Å²) in [6.07, 6.45) is 1.75. The van der Waals surface area contributed by atoms with E-state index in [0.29, 0.717) is 33.7 Å². The number of aryl methyl sites for hydroxylation is 1. The molecule has 0 aliphatic rings. The number of thioether (sulfide) groups is 1. The van der Waals surface area contributed by atoms with Gasteiger partial charge >= 0.3 is 5.97 Å². The first-order valence-electron chi connectivity index (χ1n) is 10.9. The molecular formula is C26H23FN4O3S2. The van der Waals surface area contributed by atoms with Gasteiger partial charge in [-0.25, -0.2) is 9.18 Å². The number of nitrogens with one attached hydrogen (secondary N) is 1. The Morgan fingerprint density at radius 3 is 2.50 bits per heavy atom. The summed E-state index contributed by atoms with van der Waals surface area (Å²) < 4.78 is 20.2. The lowest BCUT2D eigenvalue weighted by molar-refractivity contribution is -0.113. The number of rotatable bonds is 9.